The van der Waals surface area contributed by atoms with Gasteiger partial charge in [0.1, 0.15) is 5.82 Å². The Morgan fingerprint density at radius 3 is 2.56 bits per heavy atom. The van der Waals surface area contributed by atoms with Gasteiger partial charge in [0.05, 0.1) is 19.8 Å². The van der Waals surface area contributed by atoms with Crippen molar-refractivity contribution in [3.63, 3.8) is 0 Å². The first-order chi connectivity index (χ1) is 17.5. The highest BCUT2D eigenvalue weighted by atomic mass is 16.5. The van der Waals surface area contributed by atoms with Gasteiger partial charge in [-0.25, -0.2) is 0 Å². The number of anilines is 3. The van der Waals surface area contributed by atoms with Gasteiger partial charge in [-0.3, -0.25) is 9.89 Å². The smallest absolute Gasteiger partial charge is 0.230 e. The third kappa shape index (κ3) is 5.14. The molecular weight excluding hydrogens is 458 g/mol. The van der Waals surface area contributed by atoms with Crippen molar-refractivity contribution in [1.29, 1.82) is 0 Å². The van der Waals surface area contributed by atoms with Crippen LogP contribution in [-0.4, -0.2) is 76.0 Å². The summed E-state index contributed by atoms with van der Waals surface area (Å²) in [5.74, 6) is 3.94. The van der Waals surface area contributed by atoms with Crippen LogP contribution in [0.5, 0.6) is 5.88 Å². The van der Waals surface area contributed by atoms with Gasteiger partial charge in [0.25, 0.3) is 0 Å². The molecule has 3 atom stereocenters. The number of carbonyl (C=O) groups is 1. The van der Waals surface area contributed by atoms with Crippen molar-refractivity contribution >= 4 is 23.5 Å². The molecule has 3 aliphatic heterocycles. The second-order valence-corrected chi connectivity index (χ2v) is 11.1. The third-order valence-corrected chi connectivity index (χ3v) is 8.09. The Kier molecular flexibility index (Phi) is 6.45. The van der Waals surface area contributed by atoms with Gasteiger partial charge in [0, 0.05) is 55.3 Å². The Hall–Kier alpha value is -2.88. The summed E-state index contributed by atoms with van der Waals surface area (Å²) in [5, 5.41) is 10.5. The molecule has 4 fully saturated rings. The predicted molar refractivity (Wildman–Crippen MR) is 135 cm³/mol. The number of amides is 1. The standard InChI is InChI=1S/C26H37N7O3/c1-16-8-23(31-30-16)27-22-12-24(36-15-18-13-35-14-18)29-26(28-22)32(2)21-10-19-4-3-5-20(11-21)33(19)25(34)9-17-6-7-17/h8,12,17-21H,3-7,9-11,13-15H2,1-2H3,(H2,27,28,29,30,31)/t19-,20+,21-. The molecule has 36 heavy (non-hydrogen) atoms. The molecule has 0 radical (unpaired) electrons. The molecule has 4 aliphatic rings. The fourth-order valence-electron chi connectivity index (χ4n) is 5.82. The van der Waals surface area contributed by atoms with E-state index < -0.39 is 0 Å². The number of nitrogens with one attached hydrogen (secondary N) is 2. The normalized spacial score (nSPS) is 25.8. The van der Waals surface area contributed by atoms with Crippen LogP contribution in [-0.2, 0) is 9.53 Å². The summed E-state index contributed by atoms with van der Waals surface area (Å²) in [7, 11) is 2.07. The molecule has 0 aromatic carbocycles. The number of hydrogen-bond acceptors (Lipinski definition) is 8. The largest absolute Gasteiger partial charge is 0.477 e. The van der Waals surface area contributed by atoms with Crippen molar-refractivity contribution in [2.75, 3.05) is 37.1 Å². The third-order valence-electron chi connectivity index (χ3n) is 8.09. The summed E-state index contributed by atoms with van der Waals surface area (Å²) < 4.78 is 11.3. The molecule has 6 rings (SSSR count). The van der Waals surface area contributed by atoms with Crippen molar-refractivity contribution in [2.45, 2.75) is 76.4 Å². The maximum absolute atomic E-state index is 13.1. The van der Waals surface area contributed by atoms with Crippen molar-refractivity contribution in [3.8, 4) is 5.88 Å². The molecular formula is C26H37N7O3. The minimum Gasteiger partial charge on any atom is -0.477 e. The maximum atomic E-state index is 13.1. The first-order valence-corrected chi connectivity index (χ1v) is 13.4. The van der Waals surface area contributed by atoms with E-state index in [0.29, 0.717) is 59.9 Å². The maximum Gasteiger partial charge on any atom is 0.230 e. The lowest BCUT2D eigenvalue weighted by atomic mass is 9.81. The number of ether oxygens (including phenoxy) is 2. The van der Waals surface area contributed by atoms with Crippen molar-refractivity contribution in [3.05, 3.63) is 17.8 Å². The second-order valence-electron chi connectivity index (χ2n) is 11.1. The predicted octanol–water partition coefficient (Wildman–Crippen LogP) is 3.43. The van der Waals surface area contributed by atoms with Gasteiger partial charge >= 0.3 is 0 Å². The Labute approximate surface area is 212 Å². The van der Waals surface area contributed by atoms with Gasteiger partial charge in [-0.2, -0.15) is 15.1 Å². The lowest BCUT2D eigenvalue weighted by molar-refractivity contribution is -0.141. The molecule has 10 heteroatoms. The molecule has 5 heterocycles. The van der Waals surface area contributed by atoms with E-state index in [-0.39, 0.29) is 6.04 Å². The molecule has 1 saturated carbocycles. The minimum absolute atomic E-state index is 0.279. The number of aromatic amines is 1. The van der Waals surface area contributed by atoms with Crippen molar-refractivity contribution in [1.82, 2.24) is 25.1 Å². The van der Waals surface area contributed by atoms with Gasteiger partial charge in [-0.15, -0.1) is 0 Å². The van der Waals surface area contributed by atoms with Gasteiger partial charge in [0.2, 0.25) is 17.7 Å². The van der Waals surface area contributed by atoms with E-state index in [4.69, 9.17) is 19.4 Å². The van der Waals surface area contributed by atoms with Crippen LogP contribution < -0.4 is 15.0 Å². The van der Waals surface area contributed by atoms with Crippen molar-refractivity contribution in [2.24, 2.45) is 11.8 Å². The average molecular weight is 496 g/mol. The number of carbonyl (C=O) groups excluding carboxylic acids is 1. The Morgan fingerprint density at radius 1 is 1.14 bits per heavy atom. The summed E-state index contributed by atoms with van der Waals surface area (Å²) in [6.07, 6.45) is 8.49. The zero-order valence-electron chi connectivity index (χ0n) is 21.3. The average Bonchev–Trinajstić information content (AvgIpc) is 3.55. The van der Waals surface area contributed by atoms with Gasteiger partial charge in [0.15, 0.2) is 5.82 Å². The SMILES string of the molecule is Cc1cc(Nc2cc(OCC3COC3)nc(N(C)[C@@H]3C[C@H]4CCC[C@@H](C3)N4C(=O)CC3CC3)n2)n[nH]1. The fourth-order valence-corrected chi connectivity index (χ4v) is 5.82. The van der Waals surface area contributed by atoms with Crippen LogP contribution in [0.15, 0.2) is 12.1 Å². The first kappa shape index (κ1) is 23.5. The van der Waals surface area contributed by atoms with Crippen LogP contribution in [0.25, 0.3) is 0 Å². The van der Waals surface area contributed by atoms with E-state index in [9.17, 15) is 4.79 Å². The van der Waals surface area contributed by atoms with E-state index in [2.05, 4.69) is 32.4 Å². The van der Waals surface area contributed by atoms with Crippen LogP contribution in [0.1, 0.15) is 57.1 Å². The summed E-state index contributed by atoms with van der Waals surface area (Å²) in [5.41, 5.74) is 0.972. The van der Waals surface area contributed by atoms with Crippen molar-refractivity contribution < 1.29 is 14.3 Å². The van der Waals surface area contributed by atoms with Gasteiger partial charge < -0.3 is 24.6 Å². The highest BCUT2D eigenvalue weighted by molar-refractivity contribution is 5.77. The summed E-state index contributed by atoms with van der Waals surface area (Å²) in [4.78, 5) is 27.1. The molecule has 194 valence electrons. The Morgan fingerprint density at radius 2 is 1.92 bits per heavy atom. The van der Waals surface area contributed by atoms with Crippen LogP contribution >= 0.6 is 0 Å². The summed E-state index contributed by atoms with van der Waals surface area (Å²) >= 11 is 0. The monoisotopic (exact) mass is 495 g/mol. The number of aromatic nitrogens is 4. The molecule has 2 aromatic rings. The molecule has 1 aliphatic carbocycles. The van der Waals surface area contributed by atoms with E-state index in [1.54, 1.807) is 0 Å². The molecule has 0 spiro atoms. The molecule has 2 N–H and O–H groups in total. The summed E-state index contributed by atoms with van der Waals surface area (Å²) in [6.45, 7) is 4.00. The van der Waals surface area contributed by atoms with Crippen LogP contribution in [0, 0.1) is 18.8 Å². The van der Waals surface area contributed by atoms with E-state index in [0.717, 1.165) is 51.0 Å². The Balaban J connectivity index is 1.20. The zero-order chi connectivity index (χ0) is 24.6. The van der Waals surface area contributed by atoms with Crippen LogP contribution in [0.4, 0.5) is 17.6 Å². The fraction of sp³-hybridized carbons (Fsp3) is 0.692. The molecule has 0 unspecified atom stereocenters. The Bertz CT molecular complexity index is 1070. The number of H-pyrrole nitrogens is 1. The number of rotatable bonds is 9. The first-order valence-electron chi connectivity index (χ1n) is 13.4. The van der Waals surface area contributed by atoms with Crippen LogP contribution in [0.3, 0.4) is 0 Å². The number of fused-ring (bicyclic) bond motifs is 2. The molecule has 1 amide bonds. The van der Waals surface area contributed by atoms with Crippen LogP contribution in [0.2, 0.25) is 0 Å². The molecule has 10 nitrogen and oxygen atoms in total. The number of hydrogen-bond donors (Lipinski definition) is 2. The topological polar surface area (TPSA) is 108 Å². The highest BCUT2D eigenvalue weighted by Gasteiger charge is 2.43. The summed E-state index contributed by atoms with van der Waals surface area (Å²) in [6, 6.07) is 4.68. The second kappa shape index (κ2) is 9.88. The lowest BCUT2D eigenvalue weighted by Crippen LogP contribution is -2.58. The number of aryl methyl sites for hydroxylation is 1. The zero-order valence-corrected chi connectivity index (χ0v) is 21.3. The van der Waals surface area contributed by atoms with E-state index in [1.807, 2.05) is 19.1 Å². The molecule has 3 saturated heterocycles. The molecule has 2 aromatic heterocycles. The lowest BCUT2D eigenvalue weighted by Gasteiger charge is -2.50. The highest BCUT2D eigenvalue weighted by Crippen LogP contribution is 2.40. The number of nitrogens with zero attached hydrogens (tertiary/aromatic N) is 5. The van der Waals surface area contributed by atoms with Gasteiger partial charge in [-0.1, -0.05) is 0 Å². The number of piperidine rings is 2. The van der Waals surface area contributed by atoms with E-state index >= 15 is 0 Å². The van der Waals surface area contributed by atoms with Gasteiger partial charge in [-0.05, 0) is 57.8 Å². The molecule has 2 bridgehead atoms. The minimum atomic E-state index is 0.279. The quantitative estimate of drug-likeness (QED) is 0.545. The van der Waals surface area contributed by atoms with E-state index in [1.165, 1.54) is 19.3 Å².